The Morgan fingerprint density at radius 1 is 1.45 bits per heavy atom. The van der Waals surface area contributed by atoms with Crippen molar-refractivity contribution in [3.05, 3.63) is 24.0 Å². The van der Waals surface area contributed by atoms with Gasteiger partial charge in [-0.3, -0.25) is 4.79 Å². The van der Waals surface area contributed by atoms with Crippen LogP contribution in [0, 0.1) is 6.92 Å². The Balaban J connectivity index is 2.12. The van der Waals surface area contributed by atoms with Gasteiger partial charge in [0.05, 0.1) is 10.2 Å². The summed E-state index contributed by atoms with van der Waals surface area (Å²) in [7, 11) is 0. The van der Waals surface area contributed by atoms with Gasteiger partial charge in [0.25, 0.3) is 0 Å². The number of benzene rings is 1. The van der Waals surface area contributed by atoms with Crippen molar-refractivity contribution in [1.29, 1.82) is 0 Å². The number of nitrogens with zero attached hydrogens (tertiary/aromatic N) is 4. The fourth-order valence-corrected chi connectivity index (χ4v) is 2.71. The lowest BCUT2D eigenvalue weighted by Crippen LogP contribution is -2.11. The van der Waals surface area contributed by atoms with E-state index in [2.05, 4.69) is 15.1 Å². The average molecular weight is 289 g/mol. The van der Waals surface area contributed by atoms with E-state index in [1.165, 1.54) is 16.0 Å². The molecule has 7 nitrogen and oxygen atoms in total. The van der Waals surface area contributed by atoms with Crippen molar-refractivity contribution in [1.82, 2.24) is 19.7 Å². The standard InChI is InChI=1S/C12H11N5O2S/c1-6-14-11(17(16-6)5-10(18)19)7-2-3-9-8(4-7)15-12(13)20-9/h2-4H,5H2,1H3,(H2,13,15)(H,18,19). The molecule has 2 aromatic heterocycles. The first-order valence-electron chi connectivity index (χ1n) is 5.82. The molecule has 8 heteroatoms. The van der Waals surface area contributed by atoms with Gasteiger partial charge >= 0.3 is 5.97 Å². The van der Waals surface area contributed by atoms with Crippen LogP contribution in [0.3, 0.4) is 0 Å². The molecule has 0 aliphatic rings. The largest absolute Gasteiger partial charge is 0.480 e. The van der Waals surface area contributed by atoms with E-state index in [1.54, 1.807) is 6.92 Å². The van der Waals surface area contributed by atoms with Crippen LogP contribution < -0.4 is 5.73 Å². The molecule has 3 rings (SSSR count). The fourth-order valence-electron chi connectivity index (χ4n) is 1.99. The zero-order valence-electron chi connectivity index (χ0n) is 10.6. The van der Waals surface area contributed by atoms with Gasteiger partial charge in [-0.05, 0) is 25.1 Å². The quantitative estimate of drug-likeness (QED) is 0.757. The Kier molecular flexibility index (Phi) is 2.87. The van der Waals surface area contributed by atoms with E-state index in [0.717, 1.165) is 15.8 Å². The number of carboxylic acid groups (broad SMARTS) is 1. The Morgan fingerprint density at radius 3 is 3.00 bits per heavy atom. The highest BCUT2D eigenvalue weighted by molar-refractivity contribution is 7.22. The van der Waals surface area contributed by atoms with Crippen LogP contribution >= 0.6 is 11.3 Å². The molecule has 1 aromatic carbocycles. The first kappa shape index (κ1) is 12.5. The normalized spacial score (nSPS) is 11.1. The number of carboxylic acids is 1. The van der Waals surface area contributed by atoms with Gasteiger partial charge in [0.2, 0.25) is 0 Å². The molecule has 0 amide bonds. The molecule has 0 unspecified atom stereocenters. The number of fused-ring (bicyclic) bond motifs is 1. The number of anilines is 1. The number of aliphatic carboxylic acids is 1. The molecule has 3 N–H and O–H groups in total. The molecule has 0 aliphatic heterocycles. The molecule has 0 saturated heterocycles. The Morgan fingerprint density at radius 2 is 2.25 bits per heavy atom. The maximum absolute atomic E-state index is 10.9. The maximum Gasteiger partial charge on any atom is 0.325 e. The summed E-state index contributed by atoms with van der Waals surface area (Å²) in [5.41, 5.74) is 7.21. The van der Waals surface area contributed by atoms with Gasteiger partial charge in [-0.15, -0.1) is 0 Å². The number of rotatable bonds is 3. The molecule has 0 spiro atoms. The lowest BCUT2D eigenvalue weighted by molar-refractivity contribution is -0.137. The Labute approximate surface area is 117 Å². The smallest absolute Gasteiger partial charge is 0.325 e. The molecule has 0 radical (unpaired) electrons. The summed E-state index contributed by atoms with van der Waals surface area (Å²) < 4.78 is 2.35. The van der Waals surface area contributed by atoms with Crippen molar-refractivity contribution in [2.45, 2.75) is 13.5 Å². The second-order valence-corrected chi connectivity index (χ2v) is 5.33. The second kappa shape index (κ2) is 4.57. The van der Waals surface area contributed by atoms with E-state index in [4.69, 9.17) is 10.8 Å². The van der Waals surface area contributed by atoms with Crippen molar-refractivity contribution < 1.29 is 9.90 Å². The average Bonchev–Trinajstić information content (AvgIpc) is 2.89. The fraction of sp³-hybridized carbons (Fsp3) is 0.167. The minimum absolute atomic E-state index is 0.229. The number of nitrogen functional groups attached to an aromatic ring is 1. The van der Waals surface area contributed by atoms with Crippen LogP contribution in [0.15, 0.2) is 18.2 Å². The number of aromatic nitrogens is 4. The molecule has 0 aliphatic carbocycles. The SMILES string of the molecule is Cc1nc(-c2ccc3sc(N)nc3c2)n(CC(=O)O)n1. The molecule has 2 heterocycles. The first-order chi connectivity index (χ1) is 9.52. The number of aryl methyl sites for hydroxylation is 1. The summed E-state index contributed by atoms with van der Waals surface area (Å²) in [6.07, 6.45) is 0. The topological polar surface area (TPSA) is 107 Å². The van der Waals surface area contributed by atoms with Gasteiger partial charge < -0.3 is 10.8 Å². The van der Waals surface area contributed by atoms with E-state index in [-0.39, 0.29) is 6.54 Å². The first-order valence-corrected chi connectivity index (χ1v) is 6.64. The minimum atomic E-state index is -0.963. The summed E-state index contributed by atoms with van der Waals surface area (Å²) in [5.74, 6) is 0.0765. The molecule has 3 aromatic rings. The maximum atomic E-state index is 10.9. The predicted octanol–water partition coefficient (Wildman–Crippen LogP) is 1.53. The van der Waals surface area contributed by atoms with Crippen molar-refractivity contribution >= 4 is 32.7 Å². The highest BCUT2D eigenvalue weighted by atomic mass is 32.1. The van der Waals surface area contributed by atoms with E-state index in [1.807, 2.05) is 18.2 Å². The molecular formula is C12H11N5O2S. The van der Waals surface area contributed by atoms with Crippen LogP contribution in [-0.4, -0.2) is 30.8 Å². The highest BCUT2D eigenvalue weighted by Gasteiger charge is 2.13. The number of hydrogen-bond acceptors (Lipinski definition) is 6. The summed E-state index contributed by atoms with van der Waals surface area (Å²) in [4.78, 5) is 19.4. The third-order valence-electron chi connectivity index (χ3n) is 2.72. The van der Waals surface area contributed by atoms with E-state index < -0.39 is 5.97 Å². The van der Waals surface area contributed by atoms with Gasteiger partial charge in [0.15, 0.2) is 11.0 Å². The van der Waals surface area contributed by atoms with Gasteiger partial charge in [-0.25, -0.2) is 14.6 Å². The molecule has 0 fully saturated rings. The lowest BCUT2D eigenvalue weighted by atomic mass is 10.2. The third-order valence-corrected chi connectivity index (χ3v) is 3.59. The van der Waals surface area contributed by atoms with Gasteiger partial charge in [-0.2, -0.15) is 5.10 Å². The van der Waals surface area contributed by atoms with E-state index in [9.17, 15) is 4.79 Å². The molecule has 20 heavy (non-hydrogen) atoms. The molecule has 0 atom stereocenters. The number of thiazole rings is 1. The summed E-state index contributed by atoms with van der Waals surface area (Å²) in [6, 6.07) is 5.60. The lowest BCUT2D eigenvalue weighted by Gasteiger charge is -2.02. The zero-order chi connectivity index (χ0) is 14.3. The van der Waals surface area contributed by atoms with E-state index in [0.29, 0.717) is 16.8 Å². The Bertz CT molecular complexity index is 807. The monoisotopic (exact) mass is 289 g/mol. The van der Waals surface area contributed by atoms with Crippen LogP contribution in [0.25, 0.3) is 21.6 Å². The molecular weight excluding hydrogens is 278 g/mol. The van der Waals surface area contributed by atoms with Crippen LogP contribution in [0.5, 0.6) is 0 Å². The third kappa shape index (κ3) is 2.21. The number of hydrogen-bond donors (Lipinski definition) is 2. The van der Waals surface area contributed by atoms with Crippen molar-refractivity contribution in [3.8, 4) is 11.4 Å². The predicted molar refractivity (Wildman–Crippen MR) is 75.4 cm³/mol. The Hall–Kier alpha value is -2.48. The summed E-state index contributed by atoms with van der Waals surface area (Å²) >= 11 is 1.41. The minimum Gasteiger partial charge on any atom is -0.480 e. The number of nitrogens with two attached hydrogens (primary N) is 1. The van der Waals surface area contributed by atoms with Crippen molar-refractivity contribution in [2.24, 2.45) is 0 Å². The molecule has 0 saturated carbocycles. The van der Waals surface area contributed by atoms with Crippen molar-refractivity contribution in [2.75, 3.05) is 5.73 Å². The van der Waals surface area contributed by atoms with Gasteiger partial charge in [0, 0.05) is 5.56 Å². The number of carbonyl (C=O) groups is 1. The van der Waals surface area contributed by atoms with Gasteiger partial charge in [0.1, 0.15) is 12.4 Å². The van der Waals surface area contributed by atoms with E-state index >= 15 is 0 Å². The summed E-state index contributed by atoms with van der Waals surface area (Å²) in [5, 5.41) is 13.5. The molecule has 102 valence electrons. The van der Waals surface area contributed by atoms with Crippen LogP contribution in [-0.2, 0) is 11.3 Å². The van der Waals surface area contributed by atoms with Crippen molar-refractivity contribution in [3.63, 3.8) is 0 Å². The zero-order valence-corrected chi connectivity index (χ0v) is 11.4. The highest BCUT2D eigenvalue weighted by Crippen LogP contribution is 2.28. The van der Waals surface area contributed by atoms with Crippen LogP contribution in [0.4, 0.5) is 5.13 Å². The summed E-state index contributed by atoms with van der Waals surface area (Å²) in [6.45, 7) is 1.49. The molecule has 0 bridgehead atoms. The second-order valence-electron chi connectivity index (χ2n) is 4.27. The van der Waals surface area contributed by atoms with Crippen LogP contribution in [0.2, 0.25) is 0 Å². The van der Waals surface area contributed by atoms with Gasteiger partial charge in [-0.1, -0.05) is 11.3 Å². The van der Waals surface area contributed by atoms with Crippen LogP contribution in [0.1, 0.15) is 5.82 Å².